The lowest BCUT2D eigenvalue weighted by Gasteiger charge is -2.06. The minimum atomic E-state index is -1.02. The highest BCUT2D eigenvalue weighted by molar-refractivity contribution is 7.36. The Morgan fingerprint density at radius 2 is 0.958 bits per heavy atom. The lowest BCUT2D eigenvalue weighted by Crippen LogP contribution is -2.22. The second-order valence-electron chi connectivity index (χ2n) is 4.87. The first-order chi connectivity index (χ1) is 11.6. The first kappa shape index (κ1) is 16.2. The van der Waals surface area contributed by atoms with E-state index in [9.17, 15) is 19.8 Å². The van der Waals surface area contributed by atoms with E-state index in [0.717, 1.165) is 0 Å². The third-order valence-electron chi connectivity index (χ3n) is 3.33. The fourth-order valence-corrected chi connectivity index (χ4v) is 4.58. The van der Waals surface area contributed by atoms with E-state index in [1.54, 1.807) is 48.5 Å². The van der Waals surface area contributed by atoms with Crippen LogP contribution in [0.2, 0.25) is 0 Å². The van der Waals surface area contributed by atoms with Crippen LogP contribution in [-0.2, 0) is 9.59 Å². The molecule has 3 aromatic rings. The van der Waals surface area contributed by atoms with E-state index >= 15 is 0 Å². The van der Waals surface area contributed by atoms with Crippen LogP contribution in [0.25, 0.3) is 11.1 Å². The summed E-state index contributed by atoms with van der Waals surface area (Å²) >= 11 is 2.39. The lowest BCUT2D eigenvalue weighted by molar-refractivity contribution is -0.131. The fraction of sp³-hybridized carbons (Fsp3) is 0. The highest BCUT2D eigenvalue weighted by Crippen LogP contribution is 2.16. The minimum absolute atomic E-state index is 0.201. The molecule has 4 nitrogen and oxygen atoms in total. The van der Waals surface area contributed by atoms with Gasteiger partial charge in [0.2, 0.25) is 0 Å². The second kappa shape index (κ2) is 6.82. The van der Waals surface area contributed by atoms with Crippen molar-refractivity contribution in [1.29, 1.82) is 0 Å². The maximum Gasteiger partial charge on any atom is 0.338 e. The van der Waals surface area contributed by atoms with Crippen molar-refractivity contribution in [1.82, 2.24) is 0 Å². The zero-order valence-corrected chi connectivity index (χ0v) is 13.9. The molecule has 0 saturated heterocycles. The maximum atomic E-state index is 11.6. The number of benzene rings is 2. The molecule has 0 aliphatic rings. The van der Waals surface area contributed by atoms with Crippen LogP contribution in [0.1, 0.15) is 11.1 Å². The van der Waals surface area contributed by atoms with Crippen molar-refractivity contribution in [2.45, 2.75) is 0 Å². The van der Waals surface area contributed by atoms with Gasteiger partial charge >= 0.3 is 11.9 Å². The highest BCUT2D eigenvalue weighted by Gasteiger charge is 2.18. The zero-order chi connectivity index (χ0) is 17.1. The zero-order valence-electron chi connectivity index (χ0n) is 12.3. The summed E-state index contributed by atoms with van der Waals surface area (Å²) in [6, 6.07) is 17.7. The predicted octanol–water partition coefficient (Wildman–Crippen LogP) is 2.38. The number of hydrogen-bond donors (Lipinski definition) is 2. The molecule has 0 radical (unpaired) electrons. The molecule has 2 N–H and O–H groups in total. The van der Waals surface area contributed by atoms with Gasteiger partial charge in [-0.25, -0.2) is 9.59 Å². The summed E-state index contributed by atoms with van der Waals surface area (Å²) < 4.78 is 1.19. The fourth-order valence-electron chi connectivity index (χ4n) is 2.25. The number of rotatable bonds is 4. The molecule has 24 heavy (non-hydrogen) atoms. The Labute approximate surface area is 145 Å². The Morgan fingerprint density at radius 3 is 1.25 bits per heavy atom. The molecule has 120 valence electrons. The molecule has 2 aromatic carbocycles. The molecule has 0 bridgehead atoms. The first-order valence-electron chi connectivity index (χ1n) is 6.99. The molecule has 0 aliphatic carbocycles. The van der Waals surface area contributed by atoms with Gasteiger partial charge in [0.15, 0.2) is 0 Å². The second-order valence-corrected chi connectivity index (χ2v) is 7.43. The van der Waals surface area contributed by atoms with Gasteiger partial charge in [-0.1, -0.05) is 60.7 Å². The molecule has 0 fully saturated rings. The van der Waals surface area contributed by atoms with Crippen LogP contribution < -0.4 is 7.69 Å². The van der Waals surface area contributed by atoms with Crippen LogP contribution in [-0.4, -0.2) is 22.2 Å². The molecule has 0 amide bonds. The van der Waals surface area contributed by atoms with Gasteiger partial charge in [-0.3, -0.25) is 0 Å². The van der Waals surface area contributed by atoms with Gasteiger partial charge in [0.25, 0.3) is 0 Å². The van der Waals surface area contributed by atoms with Gasteiger partial charge in [0.05, 0.1) is 18.8 Å². The van der Waals surface area contributed by atoms with Crippen molar-refractivity contribution in [3.8, 4) is 0 Å². The quantitative estimate of drug-likeness (QED) is 0.753. The number of carboxylic acid groups (broad SMARTS) is 2. The van der Waals surface area contributed by atoms with Crippen molar-refractivity contribution in [3.05, 3.63) is 79.5 Å². The maximum absolute atomic E-state index is 11.6. The minimum Gasteiger partial charge on any atom is -0.478 e. The molecule has 0 spiro atoms. The normalized spacial score (nSPS) is 10.3. The lowest BCUT2D eigenvalue weighted by atomic mass is 10.1. The summed E-state index contributed by atoms with van der Waals surface area (Å²) in [5.74, 6) is -2.04. The summed E-state index contributed by atoms with van der Waals surface area (Å²) in [4.78, 5) is 23.2. The predicted molar refractivity (Wildman–Crippen MR) is 94.6 cm³/mol. The molecular weight excluding hydrogens is 344 g/mol. The Bertz CT molecular complexity index is 901. The van der Waals surface area contributed by atoms with Gasteiger partial charge in [-0.2, -0.15) is 0 Å². The average Bonchev–Trinajstić information content (AvgIpc) is 2.54. The van der Waals surface area contributed by atoms with Crippen LogP contribution in [0.15, 0.2) is 60.7 Å². The highest BCUT2D eigenvalue weighted by atomic mass is 32.2. The molecule has 0 saturated carbocycles. The molecule has 1 aromatic heterocycles. The van der Waals surface area contributed by atoms with Gasteiger partial charge in [-0.05, 0) is 11.1 Å². The van der Waals surface area contributed by atoms with Gasteiger partial charge in [0, 0.05) is 0 Å². The summed E-state index contributed by atoms with van der Waals surface area (Å²) in [7, 11) is 0. The Balaban J connectivity index is 2.21. The standard InChI is InChI=1S/C18H12O4S2/c19-15(20)13(11-7-3-1-4-8-11)17-23-18(24-17)14(16(21)22)12-9-5-2-6-10-12/h1-10H,(H,19,20)(H,21,22). The van der Waals surface area contributed by atoms with Crippen molar-refractivity contribution in [2.75, 3.05) is 0 Å². The Kier molecular flexibility index (Phi) is 4.59. The topological polar surface area (TPSA) is 74.6 Å². The molecular formula is C18H12O4S2. The summed E-state index contributed by atoms with van der Waals surface area (Å²) in [6.07, 6.45) is 0. The van der Waals surface area contributed by atoms with E-state index in [4.69, 9.17) is 0 Å². The van der Waals surface area contributed by atoms with Crippen LogP contribution in [0.3, 0.4) is 0 Å². The van der Waals surface area contributed by atoms with Crippen molar-refractivity contribution in [2.24, 2.45) is 0 Å². The Hall–Kier alpha value is -2.70. The molecule has 0 aliphatic heterocycles. The van der Waals surface area contributed by atoms with E-state index in [2.05, 4.69) is 0 Å². The van der Waals surface area contributed by atoms with E-state index in [-0.39, 0.29) is 11.1 Å². The van der Waals surface area contributed by atoms with Crippen LogP contribution in [0, 0.1) is 0 Å². The number of carbonyl (C=O) groups is 2. The van der Waals surface area contributed by atoms with Gasteiger partial charge < -0.3 is 10.2 Å². The Morgan fingerprint density at radius 1 is 0.625 bits per heavy atom. The summed E-state index contributed by atoms with van der Waals surface area (Å²) in [5.41, 5.74) is 1.62. The molecule has 6 heteroatoms. The first-order valence-corrected chi connectivity index (χ1v) is 8.63. The van der Waals surface area contributed by atoms with Gasteiger partial charge in [0.1, 0.15) is 0 Å². The van der Waals surface area contributed by atoms with Crippen molar-refractivity contribution < 1.29 is 19.8 Å². The third kappa shape index (κ3) is 3.15. The van der Waals surface area contributed by atoms with Crippen molar-refractivity contribution >= 4 is 45.8 Å². The van der Waals surface area contributed by atoms with Crippen LogP contribution in [0.5, 0.6) is 0 Å². The summed E-state index contributed by atoms with van der Waals surface area (Å²) in [5, 5.41) is 19.0. The largest absolute Gasteiger partial charge is 0.478 e. The number of carboxylic acids is 2. The van der Waals surface area contributed by atoms with E-state index in [1.807, 2.05) is 12.1 Å². The SMILES string of the molecule is O=C(O)C(c1ccccc1)=c1sc(=C(C(=O)O)c2ccccc2)s1. The monoisotopic (exact) mass is 356 g/mol. The van der Waals surface area contributed by atoms with E-state index < -0.39 is 11.9 Å². The molecule has 0 atom stereocenters. The van der Waals surface area contributed by atoms with Crippen molar-refractivity contribution in [3.63, 3.8) is 0 Å². The molecule has 1 heterocycles. The van der Waals surface area contributed by atoms with Crippen LogP contribution in [0.4, 0.5) is 0 Å². The molecule has 3 rings (SSSR count). The van der Waals surface area contributed by atoms with Gasteiger partial charge in [-0.15, -0.1) is 22.7 Å². The average molecular weight is 356 g/mol. The van der Waals surface area contributed by atoms with E-state index in [1.165, 1.54) is 22.7 Å². The third-order valence-corrected chi connectivity index (χ3v) is 5.89. The smallest absolute Gasteiger partial charge is 0.338 e. The number of aliphatic carboxylic acids is 2. The summed E-state index contributed by atoms with van der Waals surface area (Å²) in [6.45, 7) is 0. The number of hydrogen-bond acceptors (Lipinski definition) is 4. The van der Waals surface area contributed by atoms with Crippen LogP contribution >= 0.6 is 22.7 Å². The molecule has 0 unspecified atom stereocenters. The van der Waals surface area contributed by atoms with E-state index in [0.29, 0.717) is 18.8 Å².